The Balaban J connectivity index is 1.85. The maximum atomic E-state index is 11.7. The van der Waals surface area contributed by atoms with Gasteiger partial charge in [-0.1, -0.05) is 30.3 Å². The highest BCUT2D eigenvalue weighted by Gasteiger charge is 2.31. The van der Waals surface area contributed by atoms with Crippen LogP contribution in [0.3, 0.4) is 0 Å². The molecule has 0 N–H and O–H groups in total. The van der Waals surface area contributed by atoms with Crippen molar-refractivity contribution in [3.63, 3.8) is 0 Å². The standard InChI is InChI=1S/C18H14O4/c19-16-9-13(10-21-18(20)12-5-6-12)17-14-4-2-1-3-11(14)7-8-15(17)22-16/h1-4,7-9,12H,5-6,10H2. The first kappa shape index (κ1) is 13.1. The van der Waals surface area contributed by atoms with E-state index in [2.05, 4.69) is 0 Å². The van der Waals surface area contributed by atoms with Gasteiger partial charge in [0, 0.05) is 17.0 Å². The molecule has 2 aromatic carbocycles. The molecule has 1 fully saturated rings. The number of rotatable bonds is 3. The Morgan fingerprint density at radius 1 is 1.18 bits per heavy atom. The molecule has 22 heavy (non-hydrogen) atoms. The zero-order valence-corrected chi connectivity index (χ0v) is 11.9. The van der Waals surface area contributed by atoms with E-state index in [1.165, 1.54) is 6.07 Å². The Bertz CT molecular complexity index is 935. The molecule has 0 radical (unpaired) electrons. The summed E-state index contributed by atoms with van der Waals surface area (Å²) in [5.41, 5.74) is 0.779. The van der Waals surface area contributed by atoms with E-state index in [4.69, 9.17) is 9.15 Å². The molecule has 1 aliphatic carbocycles. The Kier molecular flexibility index (Phi) is 2.96. The normalized spacial score (nSPS) is 14.4. The molecule has 0 saturated heterocycles. The van der Waals surface area contributed by atoms with E-state index in [-0.39, 0.29) is 18.5 Å². The summed E-state index contributed by atoms with van der Waals surface area (Å²) in [5, 5.41) is 2.88. The summed E-state index contributed by atoms with van der Waals surface area (Å²) in [5.74, 6) is -0.134. The van der Waals surface area contributed by atoms with Gasteiger partial charge in [0.1, 0.15) is 12.2 Å². The highest BCUT2D eigenvalue weighted by Crippen LogP contribution is 2.31. The van der Waals surface area contributed by atoms with Crippen molar-refractivity contribution in [3.8, 4) is 0 Å². The second-order valence-corrected chi connectivity index (χ2v) is 5.63. The lowest BCUT2D eigenvalue weighted by molar-refractivity contribution is -0.146. The molecule has 1 heterocycles. The number of hydrogen-bond donors (Lipinski definition) is 0. The van der Waals surface area contributed by atoms with Crippen molar-refractivity contribution in [1.29, 1.82) is 0 Å². The van der Waals surface area contributed by atoms with Gasteiger partial charge in [-0.15, -0.1) is 0 Å². The van der Waals surface area contributed by atoms with Gasteiger partial charge in [-0.05, 0) is 29.7 Å². The van der Waals surface area contributed by atoms with Gasteiger partial charge in [0.15, 0.2) is 0 Å². The van der Waals surface area contributed by atoms with E-state index in [0.717, 1.165) is 29.0 Å². The van der Waals surface area contributed by atoms with Crippen LogP contribution in [0.2, 0.25) is 0 Å². The Morgan fingerprint density at radius 2 is 2.00 bits per heavy atom. The van der Waals surface area contributed by atoms with Gasteiger partial charge < -0.3 is 9.15 Å². The molecule has 3 aromatic rings. The van der Waals surface area contributed by atoms with E-state index >= 15 is 0 Å². The van der Waals surface area contributed by atoms with E-state index < -0.39 is 5.63 Å². The highest BCUT2D eigenvalue weighted by atomic mass is 16.5. The predicted molar refractivity (Wildman–Crippen MR) is 82.5 cm³/mol. The van der Waals surface area contributed by atoms with Crippen LogP contribution >= 0.6 is 0 Å². The largest absolute Gasteiger partial charge is 0.461 e. The first-order valence-corrected chi connectivity index (χ1v) is 7.33. The fourth-order valence-corrected chi connectivity index (χ4v) is 2.72. The zero-order valence-electron chi connectivity index (χ0n) is 11.9. The highest BCUT2D eigenvalue weighted by molar-refractivity contribution is 6.07. The number of carbonyl (C=O) groups is 1. The minimum Gasteiger partial charge on any atom is -0.461 e. The second kappa shape index (κ2) is 4.98. The fourth-order valence-electron chi connectivity index (χ4n) is 2.72. The molecule has 0 spiro atoms. The lowest BCUT2D eigenvalue weighted by atomic mass is 10.0. The number of ether oxygens (including phenoxy) is 1. The topological polar surface area (TPSA) is 56.5 Å². The van der Waals surface area contributed by atoms with Crippen LogP contribution in [0.5, 0.6) is 0 Å². The van der Waals surface area contributed by atoms with Crippen molar-refractivity contribution in [2.24, 2.45) is 5.92 Å². The molecular formula is C18H14O4. The molecule has 4 nitrogen and oxygen atoms in total. The number of fused-ring (bicyclic) bond motifs is 3. The summed E-state index contributed by atoms with van der Waals surface area (Å²) in [6.45, 7) is 0.103. The third-order valence-electron chi connectivity index (χ3n) is 4.00. The third kappa shape index (κ3) is 2.26. The number of esters is 1. The summed E-state index contributed by atoms with van der Waals surface area (Å²) < 4.78 is 10.6. The van der Waals surface area contributed by atoms with Crippen LogP contribution < -0.4 is 5.63 Å². The van der Waals surface area contributed by atoms with Crippen LogP contribution in [0, 0.1) is 5.92 Å². The van der Waals surface area contributed by atoms with E-state index in [1.807, 2.05) is 30.3 Å². The van der Waals surface area contributed by atoms with Gasteiger partial charge >= 0.3 is 11.6 Å². The molecule has 1 aliphatic rings. The van der Waals surface area contributed by atoms with Gasteiger partial charge in [0.2, 0.25) is 0 Å². The van der Waals surface area contributed by atoms with Crippen LogP contribution in [-0.2, 0) is 16.1 Å². The van der Waals surface area contributed by atoms with Crippen molar-refractivity contribution in [2.45, 2.75) is 19.4 Å². The summed E-state index contributed by atoms with van der Waals surface area (Å²) >= 11 is 0. The van der Waals surface area contributed by atoms with Gasteiger partial charge in [-0.2, -0.15) is 0 Å². The van der Waals surface area contributed by atoms with E-state index in [9.17, 15) is 9.59 Å². The first-order valence-electron chi connectivity index (χ1n) is 7.33. The third-order valence-corrected chi connectivity index (χ3v) is 4.00. The summed E-state index contributed by atoms with van der Waals surface area (Å²) in [6.07, 6.45) is 1.80. The Labute approximate surface area is 126 Å². The minimum atomic E-state index is -0.430. The van der Waals surface area contributed by atoms with Crippen molar-refractivity contribution in [3.05, 3.63) is 58.4 Å². The second-order valence-electron chi connectivity index (χ2n) is 5.63. The summed E-state index contributed by atoms with van der Waals surface area (Å²) in [6, 6.07) is 13.0. The molecule has 0 bridgehead atoms. The van der Waals surface area contributed by atoms with Gasteiger partial charge in [-0.3, -0.25) is 4.79 Å². The molecule has 1 aromatic heterocycles. The first-order chi connectivity index (χ1) is 10.7. The average molecular weight is 294 g/mol. The van der Waals surface area contributed by atoms with E-state index in [0.29, 0.717) is 11.1 Å². The Hall–Kier alpha value is -2.62. The molecule has 0 amide bonds. The molecule has 110 valence electrons. The monoisotopic (exact) mass is 294 g/mol. The SMILES string of the molecule is O=C(OCc1cc(=O)oc2ccc3ccccc3c12)C1CC1. The van der Waals surface area contributed by atoms with Gasteiger partial charge in [0.25, 0.3) is 0 Å². The zero-order chi connectivity index (χ0) is 15.1. The lowest BCUT2D eigenvalue weighted by Crippen LogP contribution is -2.09. The fraction of sp³-hybridized carbons (Fsp3) is 0.222. The molecule has 4 rings (SSSR count). The molecule has 1 saturated carbocycles. The summed E-state index contributed by atoms with van der Waals surface area (Å²) in [7, 11) is 0. The maximum absolute atomic E-state index is 11.7. The van der Waals surface area contributed by atoms with Crippen LogP contribution in [0.25, 0.3) is 21.7 Å². The van der Waals surface area contributed by atoms with E-state index in [1.54, 1.807) is 6.07 Å². The molecule has 4 heteroatoms. The molecular weight excluding hydrogens is 280 g/mol. The Morgan fingerprint density at radius 3 is 2.82 bits per heavy atom. The van der Waals surface area contributed by atoms with Crippen molar-refractivity contribution in [1.82, 2.24) is 0 Å². The van der Waals surface area contributed by atoms with Gasteiger partial charge in [0.05, 0.1) is 5.92 Å². The number of benzene rings is 2. The van der Waals surface area contributed by atoms with Crippen molar-refractivity contribution < 1.29 is 13.9 Å². The lowest BCUT2D eigenvalue weighted by Gasteiger charge is -2.09. The number of hydrogen-bond acceptors (Lipinski definition) is 4. The van der Waals surface area contributed by atoms with Crippen LogP contribution in [-0.4, -0.2) is 5.97 Å². The minimum absolute atomic E-state index is 0.0446. The summed E-state index contributed by atoms with van der Waals surface area (Å²) in [4.78, 5) is 23.5. The maximum Gasteiger partial charge on any atom is 0.336 e. The van der Waals surface area contributed by atoms with Crippen molar-refractivity contribution >= 4 is 27.7 Å². The van der Waals surface area contributed by atoms with Crippen LogP contribution in [0.1, 0.15) is 18.4 Å². The molecule has 0 aliphatic heterocycles. The number of carbonyl (C=O) groups excluding carboxylic acids is 1. The predicted octanol–water partition coefficient (Wildman–Crippen LogP) is 3.40. The average Bonchev–Trinajstić information content (AvgIpc) is 3.36. The van der Waals surface area contributed by atoms with Gasteiger partial charge in [-0.25, -0.2) is 4.79 Å². The quantitative estimate of drug-likeness (QED) is 0.422. The van der Waals surface area contributed by atoms with Crippen LogP contribution in [0.4, 0.5) is 0 Å². The smallest absolute Gasteiger partial charge is 0.336 e. The molecule has 0 atom stereocenters. The molecule has 0 unspecified atom stereocenters. The van der Waals surface area contributed by atoms with Crippen molar-refractivity contribution in [2.75, 3.05) is 0 Å². The van der Waals surface area contributed by atoms with Crippen LogP contribution in [0.15, 0.2) is 51.7 Å².